The molecule has 1 aliphatic rings. The van der Waals surface area contributed by atoms with Crippen LogP contribution in [0.5, 0.6) is 0 Å². The first-order chi connectivity index (χ1) is 10.8. The highest BCUT2D eigenvalue weighted by molar-refractivity contribution is 7.89. The summed E-state index contributed by atoms with van der Waals surface area (Å²) >= 11 is 0. The van der Waals surface area contributed by atoms with Gasteiger partial charge in [0.05, 0.1) is 13.2 Å². The van der Waals surface area contributed by atoms with Crippen molar-refractivity contribution < 1.29 is 22.7 Å². The van der Waals surface area contributed by atoms with Gasteiger partial charge in [0.15, 0.2) is 0 Å². The summed E-state index contributed by atoms with van der Waals surface area (Å²) in [5.74, 6) is -0.925. The van der Waals surface area contributed by atoms with Crippen molar-refractivity contribution in [1.82, 2.24) is 14.2 Å². The highest BCUT2D eigenvalue weighted by Crippen LogP contribution is 2.20. The molecule has 1 aromatic heterocycles. The second kappa shape index (κ2) is 6.71. The number of esters is 1. The zero-order valence-electron chi connectivity index (χ0n) is 13.4. The molecule has 0 bridgehead atoms. The molecule has 0 saturated heterocycles. The molecular formula is C14H21N3O5S. The Morgan fingerprint density at radius 3 is 2.65 bits per heavy atom. The summed E-state index contributed by atoms with van der Waals surface area (Å²) in [6.07, 6.45) is 3.20. The lowest BCUT2D eigenvalue weighted by atomic mass is 10.4. The van der Waals surface area contributed by atoms with Crippen LogP contribution in [0.4, 0.5) is 0 Å². The first-order valence-corrected chi connectivity index (χ1v) is 8.79. The first kappa shape index (κ1) is 17.5. The molecule has 0 atom stereocenters. The van der Waals surface area contributed by atoms with Crippen molar-refractivity contribution in [2.75, 3.05) is 20.2 Å². The van der Waals surface area contributed by atoms with Crippen LogP contribution >= 0.6 is 0 Å². The number of aromatic nitrogens is 1. The molecule has 0 spiro atoms. The maximum atomic E-state index is 12.5. The number of hydrogen-bond donors (Lipinski definition) is 1. The molecule has 1 saturated carbocycles. The van der Waals surface area contributed by atoms with E-state index in [0.29, 0.717) is 0 Å². The van der Waals surface area contributed by atoms with E-state index < -0.39 is 16.0 Å². The molecule has 0 unspecified atom stereocenters. The lowest BCUT2D eigenvalue weighted by molar-refractivity contribution is -0.121. The molecule has 0 aromatic carbocycles. The second-order valence-electron chi connectivity index (χ2n) is 5.50. The molecule has 1 N–H and O–H groups in total. The zero-order chi connectivity index (χ0) is 17.2. The molecule has 1 amide bonds. The van der Waals surface area contributed by atoms with Gasteiger partial charge >= 0.3 is 5.97 Å². The fraction of sp³-hybridized carbons (Fsp3) is 0.571. The van der Waals surface area contributed by atoms with Crippen LogP contribution in [0.3, 0.4) is 0 Å². The molecule has 9 heteroatoms. The van der Waals surface area contributed by atoms with Crippen LogP contribution in [0.1, 0.15) is 30.3 Å². The van der Waals surface area contributed by atoms with E-state index in [1.54, 1.807) is 14.0 Å². The van der Waals surface area contributed by atoms with E-state index >= 15 is 0 Å². The third kappa shape index (κ3) is 4.11. The summed E-state index contributed by atoms with van der Waals surface area (Å²) in [6, 6.07) is 1.42. The van der Waals surface area contributed by atoms with E-state index in [4.69, 9.17) is 4.74 Å². The normalized spacial score (nSPS) is 14.8. The molecule has 1 aliphatic carbocycles. The van der Waals surface area contributed by atoms with Crippen LogP contribution in [-0.4, -0.2) is 55.4 Å². The molecule has 128 valence electrons. The number of sulfonamides is 1. The highest BCUT2D eigenvalue weighted by atomic mass is 32.2. The van der Waals surface area contributed by atoms with Crippen LogP contribution in [0.2, 0.25) is 0 Å². The number of rotatable bonds is 7. The predicted octanol–water partition coefficient (Wildman–Crippen LogP) is 0.101. The number of carbonyl (C=O) groups excluding carboxylic acids is 2. The van der Waals surface area contributed by atoms with Crippen LogP contribution in [-0.2, 0) is 26.6 Å². The Kier molecular flexibility index (Phi) is 5.10. The van der Waals surface area contributed by atoms with Gasteiger partial charge in [-0.05, 0) is 25.8 Å². The van der Waals surface area contributed by atoms with Crippen molar-refractivity contribution in [1.29, 1.82) is 0 Å². The number of aryl methyl sites for hydroxylation is 1. The van der Waals surface area contributed by atoms with Crippen LogP contribution in [0.25, 0.3) is 0 Å². The van der Waals surface area contributed by atoms with Gasteiger partial charge in [-0.1, -0.05) is 0 Å². The number of likely N-dealkylation sites (N-methyl/N-ethyl adjacent to an activating group) is 1. The summed E-state index contributed by atoms with van der Waals surface area (Å²) < 4.78 is 32.2. The third-order valence-electron chi connectivity index (χ3n) is 3.48. The predicted molar refractivity (Wildman–Crippen MR) is 82.4 cm³/mol. The minimum absolute atomic E-state index is 0.0511. The van der Waals surface area contributed by atoms with E-state index in [-0.39, 0.29) is 35.7 Å². The van der Waals surface area contributed by atoms with E-state index in [1.165, 1.54) is 23.9 Å². The minimum atomic E-state index is -3.86. The maximum absolute atomic E-state index is 12.5. The van der Waals surface area contributed by atoms with Gasteiger partial charge in [0.2, 0.25) is 15.9 Å². The first-order valence-electron chi connectivity index (χ1n) is 7.35. The number of carbonyl (C=O) groups is 2. The highest BCUT2D eigenvalue weighted by Gasteiger charge is 2.29. The third-order valence-corrected chi connectivity index (χ3v) is 5.25. The van der Waals surface area contributed by atoms with Gasteiger partial charge in [0, 0.05) is 26.3 Å². The molecule has 8 nitrogen and oxygen atoms in total. The van der Waals surface area contributed by atoms with E-state index in [9.17, 15) is 18.0 Å². The molecule has 1 aromatic rings. The van der Waals surface area contributed by atoms with Gasteiger partial charge in [-0.3, -0.25) is 4.79 Å². The summed E-state index contributed by atoms with van der Waals surface area (Å²) in [5.41, 5.74) is 0.140. The van der Waals surface area contributed by atoms with Crippen LogP contribution < -0.4 is 5.32 Å². The largest absolute Gasteiger partial charge is 0.461 e. The van der Waals surface area contributed by atoms with Gasteiger partial charge in [-0.15, -0.1) is 0 Å². The van der Waals surface area contributed by atoms with Gasteiger partial charge < -0.3 is 14.6 Å². The summed E-state index contributed by atoms with van der Waals surface area (Å²) in [5, 5.41) is 2.74. The molecule has 0 radical (unpaired) electrons. The van der Waals surface area contributed by atoms with Crippen molar-refractivity contribution in [3.63, 3.8) is 0 Å². The Balaban J connectivity index is 2.13. The summed E-state index contributed by atoms with van der Waals surface area (Å²) in [6.45, 7) is 1.61. The van der Waals surface area contributed by atoms with Crippen molar-refractivity contribution in [2.24, 2.45) is 7.05 Å². The number of amides is 1. The lowest BCUT2D eigenvalue weighted by Crippen LogP contribution is -2.39. The summed E-state index contributed by atoms with van der Waals surface area (Å²) in [7, 11) is -0.963. The zero-order valence-corrected chi connectivity index (χ0v) is 14.2. The molecule has 1 fully saturated rings. The Morgan fingerprint density at radius 1 is 1.43 bits per heavy atom. The monoisotopic (exact) mass is 343 g/mol. The SMILES string of the molecule is CCOC(=O)c1cc(S(=O)(=O)N(C)CC(=O)NC2CC2)cn1C. The topological polar surface area (TPSA) is 97.7 Å². The van der Waals surface area contributed by atoms with Gasteiger partial charge in [0.25, 0.3) is 0 Å². The smallest absolute Gasteiger partial charge is 0.354 e. The van der Waals surface area contributed by atoms with Crippen molar-refractivity contribution in [3.8, 4) is 0 Å². The van der Waals surface area contributed by atoms with Crippen molar-refractivity contribution in [3.05, 3.63) is 18.0 Å². The van der Waals surface area contributed by atoms with Crippen molar-refractivity contribution >= 4 is 21.9 Å². The van der Waals surface area contributed by atoms with Crippen LogP contribution in [0.15, 0.2) is 17.2 Å². The average Bonchev–Trinajstić information content (AvgIpc) is 3.17. The van der Waals surface area contributed by atoms with Gasteiger partial charge in [0.1, 0.15) is 10.6 Å². The Bertz CT molecular complexity index is 706. The number of nitrogens with one attached hydrogen (secondary N) is 1. The molecule has 2 rings (SSSR count). The van der Waals surface area contributed by atoms with E-state index in [2.05, 4.69) is 5.32 Å². The Hall–Kier alpha value is -1.87. The van der Waals surface area contributed by atoms with E-state index in [1.807, 2.05) is 0 Å². The second-order valence-corrected chi connectivity index (χ2v) is 7.54. The van der Waals surface area contributed by atoms with Gasteiger partial charge in [-0.25, -0.2) is 13.2 Å². The molecule has 0 aliphatic heterocycles. The average molecular weight is 343 g/mol. The number of nitrogens with zero attached hydrogens (tertiary/aromatic N) is 2. The fourth-order valence-corrected chi connectivity index (χ4v) is 3.25. The van der Waals surface area contributed by atoms with Crippen LogP contribution in [0, 0.1) is 0 Å². The number of ether oxygens (including phenoxy) is 1. The molecule has 1 heterocycles. The quantitative estimate of drug-likeness (QED) is 0.708. The standard InChI is InChI=1S/C14H21N3O5S/c1-4-22-14(19)12-7-11(8-16(12)2)23(20,21)17(3)9-13(18)15-10-5-6-10/h7-8,10H,4-6,9H2,1-3H3,(H,15,18). The maximum Gasteiger partial charge on any atom is 0.354 e. The summed E-state index contributed by atoms with van der Waals surface area (Å²) in [4.78, 5) is 23.5. The number of hydrogen-bond acceptors (Lipinski definition) is 5. The minimum Gasteiger partial charge on any atom is -0.461 e. The lowest BCUT2D eigenvalue weighted by Gasteiger charge is -2.15. The molecular weight excluding hydrogens is 322 g/mol. The fourth-order valence-electron chi connectivity index (χ4n) is 2.05. The van der Waals surface area contributed by atoms with Crippen molar-refractivity contribution in [2.45, 2.75) is 30.7 Å². The Labute approximate surface area is 135 Å². The Morgan fingerprint density at radius 2 is 2.09 bits per heavy atom. The van der Waals surface area contributed by atoms with E-state index in [0.717, 1.165) is 17.1 Å². The van der Waals surface area contributed by atoms with Gasteiger partial charge in [-0.2, -0.15) is 4.31 Å². The molecule has 23 heavy (non-hydrogen) atoms.